The molecule has 12 nitrogen and oxygen atoms in total. The lowest BCUT2D eigenvalue weighted by atomic mass is 10.1. The molecule has 0 aliphatic rings. The summed E-state index contributed by atoms with van der Waals surface area (Å²) in [6.07, 6.45) is 2.32. The van der Waals surface area contributed by atoms with E-state index in [1.807, 2.05) is 32.9 Å². The number of aryl methyl sites for hydroxylation is 2. The highest BCUT2D eigenvalue weighted by atomic mass is 32.2. The fourth-order valence-corrected chi connectivity index (χ4v) is 4.35. The monoisotopic (exact) mass is 541 g/mol. The van der Waals surface area contributed by atoms with Crippen molar-refractivity contribution in [1.82, 2.24) is 24.7 Å². The predicted octanol–water partition coefficient (Wildman–Crippen LogP) is 2.38. The number of hydrogen-bond acceptors (Lipinski definition) is 11. The van der Waals surface area contributed by atoms with Crippen LogP contribution in [0.15, 0.2) is 12.1 Å². The van der Waals surface area contributed by atoms with Gasteiger partial charge in [0, 0.05) is 5.69 Å². The number of pyridine rings is 1. The van der Waals surface area contributed by atoms with Crippen LogP contribution in [0.4, 0.5) is 0 Å². The van der Waals surface area contributed by atoms with Crippen LogP contribution in [0.1, 0.15) is 49.8 Å². The van der Waals surface area contributed by atoms with Gasteiger partial charge in [0.1, 0.15) is 11.6 Å². The molecular formula is C22H31N5O7S2. The smallest absolute Gasteiger partial charge is 0.264 e. The van der Waals surface area contributed by atoms with Crippen LogP contribution in [-0.4, -0.2) is 74.4 Å². The molecule has 14 heteroatoms. The Morgan fingerprint density at radius 1 is 0.972 bits per heavy atom. The topological polar surface area (TPSA) is 152 Å². The maximum Gasteiger partial charge on any atom is 0.264 e. The number of aromatic nitrogens is 5. The van der Waals surface area contributed by atoms with Gasteiger partial charge in [-0.2, -0.15) is 21.9 Å². The third kappa shape index (κ3) is 6.55. The quantitative estimate of drug-likeness (QED) is 0.329. The van der Waals surface area contributed by atoms with Crippen molar-refractivity contribution >= 4 is 31.4 Å². The standard InChI is InChI=1S/C22H31N5O7S2/c1-8-17-20(16-9-10-18(13(2)3)24-22(16)32-5)25-19-14(4)26-27(21(19)23-17)15(11-33-35(6,28)29)12-34-36(7,30)31/h9-10,13,15H,8,11-12H2,1-7H3. The zero-order valence-corrected chi connectivity index (χ0v) is 23.0. The summed E-state index contributed by atoms with van der Waals surface area (Å²) in [6, 6.07) is 2.92. The van der Waals surface area contributed by atoms with Crippen molar-refractivity contribution in [2.75, 3.05) is 32.8 Å². The highest BCUT2D eigenvalue weighted by Crippen LogP contribution is 2.33. The van der Waals surface area contributed by atoms with Crippen LogP contribution >= 0.6 is 0 Å². The summed E-state index contributed by atoms with van der Waals surface area (Å²) in [5, 5.41) is 4.48. The molecule has 198 valence electrons. The molecule has 0 radical (unpaired) electrons. The van der Waals surface area contributed by atoms with Gasteiger partial charge in [0.25, 0.3) is 20.2 Å². The zero-order chi connectivity index (χ0) is 26.8. The summed E-state index contributed by atoms with van der Waals surface area (Å²) in [7, 11) is -6.06. The highest BCUT2D eigenvalue weighted by Gasteiger charge is 2.25. The predicted molar refractivity (Wildman–Crippen MR) is 134 cm³/mol. The summed E-state index contributed by atoms with van der Waals surface area (Å²) in [6.45, 7) is 6.94. The third-order valence-electron chi connectivity index (χ3n) is 5.32. The van der Waals surface area contributed by atoms with Crippen LogP contribution in [0, 0.1) is 6.92 Å². The number of ether oxygens (including phenoxy) is 1. The molecule has 0 amide bonds. The second kappa shape index (κ2) is 10.7. The largest absolute Gasteiger partial charge is 0.480 e. The van der Waals surface area contributed by atoms with Gasteiger partial charge in [0.2, 0.25) is 5.88 Å². The molecule has 3 rings (SSSR count). The van der Waals surface area contributed by atoms with E-state index in [9.17, 15) is 16.8 Å². The number of methoxy groups -OCH3 is 1. The van der Waals surface area contributed by atoms with Crippen molar-refractivity contribution in [3.05, 3.63) is 29.2 Å². The molecule has 0 saturated heterocycles. The molecule has 0 bridgehead atoms. The molecule has 0 unspecified atom stereocenters. The van der Waals surface area contributed by atoms with Gasteiger partial charge in [0.05, 0.1) is 55.5 Å². The van der Waals surface area contributed by atoms with Crippen LogP contribution in [-0.2, 0) is 35.0 Å². The van der Waals surface area contributed by atoms with E-state index in [2.05, 4.69) is 10.1 Å². The molecule has 3 heterocycles. The van der Waals surface area contributed by atoms with Gasteiger partial charge in [-0.05, 0) is 31.4 Å². The van der Waals surface area contributed by atoms with Crippen molar-refractivity contribution in [2.45, 2.75) is 46.1 Å². The highest BCUT2D eigenvalue weighted by molar-refractivity contribution is 7.86. The molecule has 0 spiro atoms. The Morgan fingerprint density at radius 3 is 2.08 bits per heavy atom. The van der Waals surface area contributed by atoms with Crippen molar-refractivity contribution < 1.29 is 29.9 Å². The first-order valence-corrected chi connectivity index (χ1v) is 14.9. The first-order chi connectivity index (χ1) is 16.7. The molecule has 3 aromatic rings. The minimum Gasteiger partial charge on any atom is -0.480 e. The lowest BCUT2D eigenvalue weighted by molar-refractivity contribution is 0.182. The van der Waals surface area contributed by atoms with Crippen molar-refractivity contribution in [3.63, 3.8) is 0 Å². The SMILES string of the molecule is CCc1nc2c(nc1-c1ccc(C(C)C)nc1OC)c(C)nn2C(COS(C)(=O)=O)COS(C)(=O)=O. The van der Waals surface area contributed by atoms with Crippen molar-refractivity contribution in [2.24, 2.45) is 0 Å². The van der Waals surface area contributed by atoms with Gasteiger partial charge >= 0.3 is 0 Å². The van der Waals surface area contributed by atoms with Gasteiger partial charge in [-0.1, -0.05) is 20.8 Å². The normalized spacial score (nSPS) is 12.7. The van der Waals surface area contributed by atoms with Crippen LogP contribution in [0.2, 0.25) is 0 Å². The van der Waals surface area contributed by atoms with E-state index < -0.39 is 39.5 Å². The fraction of sp³-hybridized carbons (Fsp3) is 0.545. The molecule has 0 aliphatic carbocycles. The molecule has 0 fully saturated rings. The third-order valence-corrected chi connectivity index (χ3v) is 6.45. The summed E-state index contributed by atoms with van der Waals surface area (Å²) >= 11 is 0. The Hall–Kier alpha value is -2.68. The Labute approximate surface area is 211 Å². The number of rotatable bonds is 11. The zero-order valence-electron chi connectivity index (χ0n) is 21.3. The number of fused-ring (bicyclic) bond motifs is 1. The molecule has 3 aromatic heterocycles. The maximum absolute atomic E-state index is 11.6. The van der Waals surface area contributed by atoms with E-state index in [1.54, 1.807) is 14.0 Å². The van der Waals surface area contributed by atoms with E-state index in [1.165, 1.54) is 4.68 Å². The Balaban J connectivity index is 2.17. The summed E-state index contributed by atoms with van der Waals surface area (Å²) in [4.78, 5) is 14.2. The lowest BCUT2D eigenvalue weighted by Crippen LogP contribution is -2.25. The minimum atomic E-state index is -3.80. The van der Waals surface area contributed by atoms with E-state index in [-0.39, 0.29) is 5.92 Å². The molecular weight excluding hydrogens is 510 g/mol. The van der Waals surface area contributed by atoms with E-state index >= 15 is 0 Å². The average molecular weight is 542 g/mol. The number of hydrogen-bond donors (Lipinski definition) is 0. The second-order valence-electron chi connectivity index (χ2n) is 8.65. The summed E-state index contributed by atoms with van der Waals surface area (Å²) in [5.74, 6) is 0.642. The van der Waals surface area contributed by atoms with Crippen LogP contribution < -0.4 is 4.74 Å². The van der Waals surface area contributed by atoms with E-state index in [0.717, 1.165) is 18.2 Å². The Morgan fingerprint density at radius 2 is 1.58 bits per heavy atom. The van der Waals surface area contributed by atoms with E-state index in [4.69, 9.17) is 23.1 Å². The van der Waals surface area contributed by atoms with Gasteiger partial charge in [-0.15, -0.1) is 0 Å². The maximum atomic E-state index is 11.6. The lowest BCUT2D eigenvalue weighted by Gasteiger charge is -2.18. The molecule has 0 saturated carbocycles. The molecule has 36 heavy (non-hydrogen) atoms. The minimum absolute atomic E-state index is 0.216. The van der Waals surface area contributed by atoms with Crippen molar-refractivity contribution in [3.8, 4) is 17.1 Å². The summed E-state index contributed by atoms with van der Waals surface area (Å²) in [5.41, 5.74) is 4.09. The van der Waals surface area contributed by atoms with Gasteiger partial charge in [-0.3, -0.25) is 8.37 Å². The van der Waals surface area contributed by atoms with Gasteiger partial charge < -0.3 is 4.74 Å². The molecule has 0 aromatic carbocycles. The first-order valence-electron chi connectivity index (χ1n) is 11.2. The fourth-order valence-electron chi connectivity index (χ4n) is 3.54. The van der Waals surface area contributed by atoms with Crippen LogP contribution in [0.5, 0.6) is 5.88 Å². The van der Waals surface area contributed by atoms with Gasteiger partial charge in [-0.25, -0.2) is 19.6 Å². The average Bonchev–Trinajstić information content (AvgIpc) is 3.11. The molecule has 0 N–H and O–H groups in total. The van der Waals surface area contributed by atoms with Crippen LogP contribution in [0.3, 0.4) is 0 Å². The molecule has 0 aliphatic heterocycles. The summed E-state index contributed by atoms with van der Waals surface area (Å²) < 4.78 is 63.3. The van der Waals surface area contributed by atoms with Gasteiger partial charge in [0.15, 0.2) is 5.65 Å². The Kier molecular flexibility index (Phi) is 8.33. The van der Waals surface area contributed by atoms with E-state index in [0.29, 0.717) is 46.1 Å². The number of nitrogens with zero attached hydrogens (tertiary/aromatic N) is 5. The molecule has 0 atom stereocenters. The Bertz CT molecular complexity index is 1430. The second-order valence-corrected chi connectivity index (χ2v) is 11.9. The first kappa shape index (κ1) is 27.9. The van der Waals surface area contributed by atoms with Crippen LogP contribution in [0.25, 0.3) is 22.4 Å². The van der Waals surface area contributed by atoms with Crippen molar-refractivity contribution in [1.29, 1.82) is 0 Å².